The van der Waals surface area contributed by atoms with Crippen LogP contribution in [-0.2, 0) is 16.9 Å². The molecule has 1 aliphatic rings. The van der Waals surface area contributed by atoms with Gasteiger partial charge in [-0.25, -0.2) is 24.7 Å². The van der Waals surface area contributed by atoms with E-state index < -0.39 is 23.5 Å². The minimum atomic E-state index is -4.65. The van der Waals surface area contributed by atoms with Crippen LogP contribution in [-0.4, -0.2) is 83.9 Å². The second-order valence-electron chi connectivity index (χ2n) is 11.5. The smallest absolute Gasteiger partial charge is 0.427 e. The highest BCUT2D eigenvalue weighted by Gasteiger charge is 2.51. The Morgan fingerprint density at radius 2 is 1.77 bits per heavy atom. The first-order chi connectivity index (χ1) is 20.2. The summed E-state index contributed by atoms with van der Waals surface area (Å²) >= 11 is 0. The minimum Gasteiger partial charge on any atom is -0.434 e. The van der Waals surface area contributed by atoms with Crippen molar-refractivity contribution in [3.05, 3.63) is 60.2 Å². The highest BCUT2D eigenvalue weighted by Crippen LogP contribution is 2.33. The number of pyridine rings is 1. The molecule has 4 heterocycles. The third-order valence-electron chi connectivity index (χ3n) is 7.20. The number of carbonyl (C=O) groups excluding carboxylic acids is 1. The maximum Gasteiger partial charge on any atom is 0.427 e. The Morgan fingerprint density at radius 3 is 2.47 bits per heavy atom. The van der Waals surface area contributed by atoms with Gasteiger partial charge in [0.1, 0.15) is 17.7 Å². The number of ether oxygens (including phenoxy) is 1. The Bertz CT molecular complexity index is 1610. The molecule has 14 heteroatoms. The zero-order valence-electron chi connectivity index (χ0n) is 24.2. The van der Waals surface area contributed by atoms with E-state index in [9.17, 15) is 23.1 Å². The molecule has 228 valence electrons. The van der Waals surface area contributed by atoms with Crippen LogP contribution in [0.5, 0.6) is 0 Å². The molecule has 1 saturated heterocycles. The van der Waals surface area contributed by atoms with Crippen LogP contribution in [0.25, 0.3) is 22.3 Å². The van der Waals surface area contributed by atoms with Gasteiger partial charge in [0.15, 0.2) is 0 Å². The lowest BCUT2D eigenvalue weighted by Crippen LogP contribution is -2.52. The molecule has 1 aliphatic heterocycles. The van der Waals surface area contributed by atoms with Crippen LogP contribution in [0.2, 0.25) is 0 Å². The van der Waals surface area contributed by atoms with Crippen LogP contribution in [0.15, 0.2) is 48.9 Å². The Kier molecular flexibility index (Phi) is 8.01. The van der Waals surface area contributed by atoms with Gasteiger partial charge in [0.25, 0.3) is 0 Å². The van der Waals surface area contributed by atoms with Crippen molar-refractivity contribution in [3.63, 3.8) is 0 Å². The van der Waals surface area contributed by atoms with E-state index in [1.165, 1.54) is 11.2 Å². The number of hydrogen-bond acceptors (Lipinski definition) is 9. The number of rotatable bonds is 7. The molecule has 3 N–H and O–H groups in total. The van der Waals surface area contributed by atoms with Crippen molar-refractivity contribution in [1.29, 1.82) is 0 Å². The molecule has 11 nitrogen and oxygen atoms in total. The van der Waals surface area contributed by atoms with Gasteiger partial charge in [-0.3, -0.25) is 4.90 Å². The number of halogens is 3. The topological polar surface area (TPSA) is 132 Å². The quantitative estimate of drug-likeness (QED) is 0.269. The Morgan fingerprint density at radius 1 is 1.02 bits per heavy atom. The number of anilines is 2. The highest BCUT2D eigenvalue weighted by molar-refractivity contribution is 5.83. The number of alkyl halides is 3. The predicted molar refractivity (Wildman–Crippen MR) is 153 cm³/mol. The summed E-state index contributed by atoms with van der Waals surface area (Å²) in [6, 6.07) is 11.2. The summed E-state index contributed by atoms with van der Waals surface area (Å²) in [6.45, 7) is 7.09. The number of hydrogen-bond donors (Lipinski definition) is 3. The fourth-order valence-electron chi connectivity index (χ4n) is 4.53. The number of nitrogens with one attached hydrogen (secondary N) is 2. The average Bonchev–Trinajstić information content (AvgIpc) is 3.34. The lowest BCUT2D eigenvalue weighted by atomic mass is 10.0. The van der Waals surface area contributed by atoms with E-state index in [4.69, 9.17) is 4.74 Å². The van der Waals surface area contributed by atoms with Crippen molar-refractivity contribution in [2.45, 2.75) is 51.6 Å². The number of aromatic nitrogens is 5. The van der Waals surface area contributed by atoms with Crippen molar-refractivity contribution >= 4 is 28.9 Å². The van der Waals surface area contributed by atoms with Gasteiger partial charge in [-0.05, 0) is 63.6 Å². The van der Waals surface area contributed by atoms with E-state index in [-0.39, 0.29) is 13.1 Å². The SMILES string of the molecule is CC(C)(O)c1cc(-c2ccc3nc(Nc4cc(CN5CCN(C(=O)OC(C)(C)C(F)(F)F)CC5)ccn4)[nH]c3c2)ncn1. The average molecular weight is 599 g/mol. The number of H-pyrrole nitrogens is 1. The number of amides is 1. The highest BCUT2D eigenvalue weighted by atomic mass is 19.4. The number of benzene rings is 1. The Labute approximate surface area is 246 Å². The van der Waals surface area contributed by atoms with Gasteiger partial charge in [0.05, 0.1) is 22.4 Å². The summed E-state index contributed by atoms with van der Waals surface area (Å²) in [6.07, 6.45) is -2.51. The Balaban J connectivity index is 1.20. The van der Waals surface area contributed by atoms with Gasteiger partial charge < -0.3 is 25.0 Å². The van der Waals surface area contributed by atoms with Gasteiger partial charge in [-0.1, -0.05) is 6.07 Å². The normalized spacial score (nSPS) is 15.1. The largest absolute Gasteiger partial charge is 0.434 e. The van der Waals surface area contributed by atoms with Crippen LogP contribution in [0.3, 0.4) is 0 Å². The van der Waals surface area contributed by atoms with Gasteiger partial charge in [-0.15, -0.1) is 0 Å². The van der Waals surface area contributed by atoms with Crippen LogP contribution in [0.4, 0.5) is 29.7 Å². The maximum absolute atomic E-state index is 13.1. The molecule has 1 aromatic carbocycles. The summed E-state index contributed by atoms with van der Waals surface area (Å²) in [7, 11) is 0. The van der Waals surface area contributed by atoms with Crippen molar-refractivity contribution in [3.8, 4) is 11.3 Å². The fourth-order valence-corrected chi connectivity index (χ4v) is 4.53. The van der Waals surface area contributed by atoms with Crippen molar-refractivity contribution in [1.82, 2.24) is 34.7 Å². The van der Waals surface area contributed by atoms with Gasteiger partial charge in [0, 0.05) is 44.5 Å². The lowest BCUT2D eigenvalue weighted by Gasteiger charge is -2.36. The zero-order chi connectivity index (χ0) is 31.0. The third kappa shape index (κ3) is 7.03. The number of nitrogens with zero attached hydrogens (tertiary/aromatic N) is 6. The van der Waals surface area contributed by atoms with Gasteiger partial charge >= 0.3 is 12.3 Å². The molecule has 0 saturated carbocycles. The molecule has 5 rings (SSSR count). The maximum atomic E-state index is 13.1. The minimum absolute atomic E-state index is 0.262. The number of aliphatic hydroxyl groups is 1. The fraction of sp³-hybridized carbons (Fsp3) is 0.414. The zero-order valence-corrected chi connectivity index (χ0v) is 24.2. The number of imidazole rings is 1. The molecule has 0 unspecified atom stereocenters. The molecule has 1 amide bonds. The first-order valence-electron chi connectivity index (χ1n) is 13.7. The predicted octanol–water partition coefficient (Wildman–Crippen LogP) is 4.98. The van der Waals surface area contributed by atoms with Crippen molar-refractivity contribution < 1.29 is 27.8 Å². The first-order valence-corrected chi connectivity index (χ1v) is 13.7. The molecule has 0 atom stereocenters. The van der Waals surface area contributed by atoms with Crippen molar-refractivity contribution in [2.24, 2.45) is 0 Å². The summed E-state index contributed by atoms with van der Waals surface area (Å²) in [5.74, 6) is 1.09. The van der Waals surface area contributed by atoms with Gasteiger partial charge in [0.2, 0.25) is 11.5 Å². The standard InChI is InChI=1S/C29H33F3N8O3/c1-27(2,42)23-15-21(34-17-35-23)19-5-6-20-22(14-19)37-25(36-20)38-24-13-18(7-8-33-24)16-39-9-11-40(12-10-39)26(41)43-28(3,4)29(30,31)32/h5-8,13-15,17,42H,9-12,16H2,1-4H3,(H2,33,36,37,38). The molecule has 0 radical (unpaired) electrons. The number of piperazine rings is 1. The molecule has 0 bridgehead atoms. The molecular formula is C29H33F3N8O3. The van der Waals surface area contributed by atoms with Crippen molar-refractivity contribution in [2.75, 3.05) is 31.5 Å². The molecule has 3 aromatic heterocycles. The second kappa shape index (κ2) is 11.4. The molecule has 0 spiro atoms. The van der Waals surface area contributed by atoms with Gasteiger partial charge in [-0.2, -0.15) is 13.2 Å². The van der Waals surface area contributed by atoms with E-state index in [2.05, 4.69) is 35.1 Å². The lowest BCUT2D eigenvalue weighted by molar-refractivity contribution is -0.246. The number of carbonyl (C=O) groups is 1. The van der Waals surface area contributed by atoms with E-state index in [0.29, 0.717) is 42.8 Å². The first kappa shape index (κ1) is 30.2. The summed E-state index contributed by atoms with van der Waals surface area (Å²) in [4.78, 5) is 36.5. The molecule has 0 aliphatic carbocycles. The molecule has 43 heavy (non-hydrogen) atoms. The second-order valence-corrected chi connectivity index (χ2v) is 11.5. The van der Waals surface area contributed by atoms with Crippen LogP contribution >= 0.6 is 0 Å². The van der Waals surface area contributed by atoms with Crippen LogP contribution in [0.1, 0.15) is 39.0 Å². The summed E-state index contributed by atoms with van der Waals surface area (Å²) in [5, 5.41) is 13.5. The summed E-state index contributed by atoms with van der Waals surface area (Å²) in [5.41, 5.74) is 0.893. The van der Waals surface area contributed by atoms with E-state index in [1.807, 2.05) is 30.3 Å². The summed E-state index contributed by atoms with van der Waals surface area (Å²) < 4.78 is 44.0. The Hall–Kier alpha value is -4.30. The van der Waals surface area contributed by atoms with E-state index in [1.54, 1.807) is 26.1 Å². The van der Waals surface area contributed by atoms with E-state index >= 15 is 0 Å². The number of aromatic amines is 1. The van der Waals surface area contributed by atoms with Crippen LogP contribution in [0, 0.1) is 0 Å². The molecular weight excluding hydrogens is 565 g/mol. The van der Waals surface area contributed by atoms with E-state index in [0.717, 1.165) is 36.0 Å². The van der Waals surface area contributed by atoms with Crippen LogP contribution < -0.4 is 5.32 Å². The third-order valence-corrected chi connectivity index (χ3v) is 7.20. The molecule has 4 aromatic rings. The molecule has 1 fully saturated rings. The monoisotopic (exact) mass is 598 g/mol. The number of fused-ring (bicyclic) bond motifs is 1.